The van der Waals surface area contributed by atoms with Crippen molar-refractivity contribution in [1.82, 2.24) is 0 Å². The summed E-state index contributed by atoms with van der Waals surface area (Å²) in [5.41, 5.74) is 0. The van der Waals surface area contributed by atoms with Gasteiger partial charge in [-0.3, -0.25) is 14.4 Å². The first-order valence-corrected chi connectivity index (χ1v) is 36.1. The van der Waals surface area contributed by atoms with Gasteiger partial charge in [0.15, 0.2) is 6.10 Å². The third kappa shape index (κ3) is 69.3. The molecule has 0 rings (SSSR count). The van der Waals surface area contributed by atoms with Gasteiger partial charge in [0.25, 0.3) is 0 Å². The van der Waals surface area contributed by atoms with Crippen molar-refractivity contribution in [2.45, 2.75) is 374 Å². The van der Waals surface area contributed by atoms with E-state index in [0.29, 0.717) is 19.3 Å². The third-order valence-corrected chi connectivity index (χ3v) is 15.9. The van der Waals surface area contributed by atoms with Gasteiger partial charge < -0.3 is 14.2 Å². The summed E-state index contributed by atoms with van der Waals surface area (Å²) in [6.45, 7) is 6.54. The topological polar surface area (TPSA) is 78.9 Å². The van der Waals surface area contributed by atoms with Crippen LogP contribution < -0.4 is 0 Å². The molecule has 0 aromatic rings. The van der Waals surface area contributed by atoms with Crippen LogP contribution in [0.15, 0.2) is 85.1 Å². The van der Waals surface area contributed by atoms with Crippen LogP contribution in [0.1, 0.15) is 367 Å². The van der Waals surface area contributed by atoms with Gasteiger partial charge >= 0.3 is 17.9 Å². The van der Waals surface area contributed by atoms with Gasteiger partial charge in [0.2, 0.25) is 0 Å². The first-order chi connectivity index (χ1) is 41.0. The molecular formula is C77H136O6. The fourth-order valence-corrected chi connectivity index (χ4v) is 10.5. The minimum atomic E-state index is -0.781. The van der Waals surface area contributed by atoms with E-state index in [1.807, 2.05) is 0 Å². The molecule has 0 amide bonds. The fourth-order valence-electron chi connectivity index (χ4n) is 10.5. The maximum atomic E-state index is 12.9. The Morgan fingerprint density at radius 3 is 0.759 bits per heavy atom. The molecule has 6 heteroatoms. The van der Waals surface area contributed by atoms with Crippen LogP contribution >= 0.6 is 0 Å². The van der Waals surface area contributed by atoms with E-state index in [9.17, 15) is 14.4 Å². The number of hydrogen-bond acceptors (Lipinski definition) is 6. The molecule has 0 aromatic heterocycles. The van der Waals surface area contributed by atoms with E-state index in [2.05, 4.69) is 106 Å². The second-order valence-corrected chi connectivity index (χ2v) is 24.1. The lowest BCUT2D eigenvalue weighted by Crippen LogP contribution is -2.30. The van der Waals surface area contributed by atoms with Gasteiger partial charge in [-0.05, 0) is 96.3 Å². The monoisotopic (exact) mass is 1160 g/mol. The fraction of sp³-hybridized carbons (Fsp3) is 0.779. The van der Waals surface area contributed by atoms with Crippen LogP contribution in [0.2, 0.25) is 0 Å². The normalized spacial score (nSPS) is 12.6. The predicted molar refractivity (Wildman–Crippen MR) is 362 cm³/mol. The van der Waals surface area contributed by atoms with Crippen LogP contribution in [-0.4, -0.2) is 37.2 Å². The van der Waals surface area contributed by atoms with Crippen molar-refractivity contribution in [3.05, 3.63) is 85.1 Å². The molecule has 0 radical (unpaired) electrons. The van der Waals surface area contributed by atoms with E-state index < -0.39 is 6.10 Å². The zero-order valence-corrected chi connectivity index (χ0v) is 55.2. The minimum absolute atomic E-state index is 0.0760. The van der Waals surface area contributed by atoms with Crippen molar-refractivity contribution in [2.24, 2.45) is 0 Å². The number of carbonyl (C=O) groups excluding carboxylic acids is 3. The first kappa shape index (κ1) is 79.6. The Labute approximate surface area is 515 Å². The molecule has 0 bridgehead atoms. The Bertz CT molecular complexity index is 1570. The van der Waals surface area contributed by atoms with Gasteiger partial charge in [0, 0.05) is 19.3 Å². The Balaban J connectivity index is 4.17. The van der Waals surface area contributed by atoms with Crippen molar-refractivity contribution in [2.75, 3.05) is 13.2 Å². The molecule has 0 aromatic carbocycles. The first-order valence-electron chi connectivity index (χ1n) is 36.1. The molecule has 0 N–H and O–H groups in total. The molecule has 0 spiro atoms. The maximum absolute atomic E-state index is 12.9. The van der Waals surface area contributed by atoms with Crippen molar-refractivity contribution >= 4 is 17.9 Å². The summed E-state index contributed by atoms with van der Waals surface area (Å²) in [5.74, 6) is -0.867. The molecule has 480 valence electrons. The summed E-state index contributed by atoms with van der Waals surface area (Å²) < 4.78 is 17.0. The average molecular weight is 1160 g/mol. The zero-order valence-electron chi connectivity index (χ0n) is 55.2. The molecular weight excluding hydrogens is 1020 g/mol. The zero-order chi connectivity index (χ0) is 59.9. The lowest BCUT2D eigenvalue weighted by molar-refractivity contribution is -0.167. The second-order valence-electron chi connectivity index (χ2n) is 24.1. The third-order valence-electron chi connectivity index (χ3n) is 15.9. The van der Waals surface area contributed by atoms with Gasteiger partial charge in [-0.1, -0.05) is 337 Å². The molecule has 0 aliphatic rings. The van der Waals surface area contributed by atoms with E-state index >= 15 is 0 Å². The van der Waals surface area contributed by atoms with Crippen molar-refractivity contribution in [1.29, 1.82) is 0 Å². The molecule has 0 heterocycles. The van der Waals surface area contributed by atoms with Crippen LogP contribution in [0, 0.1) is 0 Å². The van der Waals surface area contributed by atoms with E-state index in [4.69, 9.17) is 14.2 Å². The molecule has 0 fully saturated rings. The highest BCUT2D eigenvalue weighted by Gasteiger charge is 2.19. The summed E-state index contributed by atoms with van der Waals surface area (Å²) in [4.78, 5) is 38.4. The van der Waals surface area contributed by atoms with Gasteiger partial charge in [-0.2, -0.15) is 0 Å². The summed E-state index contributed by atoms with van der Waals surface area (Å²) in [5, 5.41) is 0. The summed E-state index contributed by atoms with van der Waals surface area (Å²) in [6.07, 6.45) is 94.8. The van der Waals surface area contributed by atoms with Crippen LogP contribution in [0.4, 0.5) is 0 Å². The second kappa shape index (κ2) is 71.1. The quantitative estimate of drug-likeness (QED) is 0.0261. The van der Waals surface area contributed by atoms with E-state index in [1.165, 1.54) is 218 Å². The number of allylic oxidation sites excluding steroid dienone is 14. The summed E-state index contributed by atoms with van der Waals surface area (Å²) in [7, 11) is 0. The highest BCUT2D eigenvalue weighted by molar-refractivity contribution is 5.71. The number of unbranched alkanes of at least 4 members (excludes halogenated alkanes) is 41. The molecule has 0 aliphatic carbocycles. The predicted octanol–water partition coefficient (Wildman–Crippen LogP) is 25.0. The minimum Gasteiger partial charge on any atom is -0.462 e. The molecule has 83 heavy (non-hydrogen) atoms. The SMILES string of the molecule is CC/C=C\C/C=C\C/C=C\C/C=C\CCCCCCCCCCCCCCCCCCCCCCC(=O)OCC(COC(=O)CCCCCCCCCCCCCCC)OC(=O)CCCCCCCC/C=C\C/C=C\C/C=C\CCCCC. The Morgan fingerprint density at radius 1 is 0.253 bits per heavy atom. The Kier molecular flexibility index (Phi) is 68.2. The lowest BCUT2D eigenvalue weighted by Gasteiger charge is -2.18. The van der Waals surface area contributed by atoms with Gasteiger partial charge in [-0.15, -0.1) is 0 Å². The van der Waals surface area contributed by atoms with Crippen LogP contribution in [0.3, 0.4) is 0 Å². The molecule has 0 aliphatic heterocycles. The van der Waals surface area contributed by atoms with Crippen molar-refractivity contribution in [3.8, 4) is 0 Å². The molecule has 6 nitrogen and oxygen atoms in total. The highest BCUT2D eigenvalue weighted by Crippen LogP contribution is 2.18. The Morgan fingerprint density at radius 2 is 0.470 bits per heavy atom. The lowest BCUT2D eigenvalue weighted by atomic mass is 10.0. The largest absolute Gasteiger partial charge is 0.462 e. The molecule has 0 saturated heterocycles. The van der Waals surface area contributed by atoms with Gasteiger partial charge in [0.1, 0.15) is 13.2 Å². The number of esters is 3. The molecule has 1 atom stereocenters. The number of carbonyl (C=O) groups is 3. The van der Waals surface area contributed by atoms with Crippen molar-refractivity contribution < 1.29 is 28.6 Å². The summed E-state index contributed by atoms with van der Waals surface area (Å²) in [6, 6.07) is 0. The van der Waals surface area contributed by atoms with Crippen LogP contribution in [-0.2, 0) is 28.6 Å². The number of ether oxygens (including phenoxy) is 3. The summed E-state index contributed by atoms with van der Waals surface area (Å²) >= 11 is 0. The number of hydrogen-bond donors (Lipinski definition) is 0. The van der Waals surface area contributed by atoms with Gasteiger partial charge in [-0.25, -0.2) is 0 Å². The number of rotatable bonds is 66. The molecule has 0 saturated carbocycles. The smallest absolute Gasteiger partial charge is 0.306 e. The Hall–Kier alpha value is -3.41. The van der Waals surface area contributed by atoms with Crippen LogP contribution in [0.25, 0.3) is 0 Å². The molecule has 1 unspecified atom stereocenters. The maximum Gasteiger partial charge on any atom is 0.306 e. The van der Waals surface area contributed by atoms with Crippen molar-refractivity contribution in [3.63, 3.8) is 0 Å². The van der Waals surface area contributed by atoms with Gasteiger partial charge in [0.05, 0.1) is 0 Å². The highest BCUT2D eigenvalue weighted by atomic mass is 16.6. The average Bonchev–Trinajstić information content (AvgIpc) is 3.49. The van der Waals surface area contributed by atoms with E-state index in [-0.39, 0.29) is 31.1 Å². The van der Waals surface area contributed by atoms with E-state index in [0.717, 1.165) is 109 Å². The standard InChI is InChI=1S/C77H136O6/c1-4-7-10-13-16-19-22-25-27-29-31-32-33-34-35-36-37-38-39-40-41-42-43-44-46-47-49-52-55-58-61-64-67-70-76(79)82-73-74(72-81-75(78)69-66-63-60-57-54-51-24-21-18-15-12-9-6-3)83-77(80)71-68-65-62-59-56-53-50-48-45-30-28-26-23-20-17-14-11-8-5-2/h7,10,16-17,19-20,25-28,31-32,45,48,74H,4-6,8-9,11-15,18,21-24,29-30,33-44,46-47,49-73H2,1-3H3/b10-7-,19-16-,20-17-,27-25-,28-26-,32-31-,48-45-. The van der Waals surface area contributed by atoms with Crippen LogP contribution in [0.5, 0.6) is 0 Å². The van der Waals surface area contributed by atoms with E-state index in [1.54, 1.807) is 0 Å².